The zero-order chi connectivity index (χ0) is 19.2. The zero-order valence-electron chi connectivity index (χ0n) is 15.1. The standard InChI is InChI=1S/C19H26N2O4S/c1-3-5-19(23)16-8-10-17(11-9-16)21(26(2,24)25)20-13-12-15-6-4-7-18(22)14-15/h4,6-11,14,19-20,22-23H,3,5,12-13H2,1-2H3. The molecule has 1 unspecified atom stereocenters. The molecule has 0 aliphatic heterocycles. The number of aliphatic hydroxyl groups excluding tert-OH is 1. The minimum atomic E-state index is -3.51. The molecule has 0 heterocycles. The van der Waals surface area contributed by atoms with Gasteiger partial charge in [0.15, 0.2) is 0 Å². The molecule has 26 heavy (non-hydrogen) atoms. The number of hydrogen-bond acceptors (Lipinski definition) is 5. The van der Waals surface area contributed by atoms with E-state index in [0.29, 0.717) is 25.1 Å². The molecule has 0 saturated heterocycles. The lowest BCUT2D eigenvalue weighted by atomic mass is 10.1. The summed E-state index contributed by atoms with van der Waals surface area (Å²) in [6.07, 6.45) is 2.69. The maximum atomic E-state index is 12.1. The Labute approximate surface area is 155 Å². The van der Waals surface area contributed by atoms with Crippen molar-refractivity contribution in [3.8, 4) is 5.75 Å². The minimum Gasteiger partial charge on any atom is -0.508 e. The highest BCUT2D eigenvalue weighted by Crippen LogP contribution is 2.22. The molecule has 2 aromatic rings. The second kappa shape index (κ2) is 9.02. The Bertz CT molecular complexity index is 807. The quantitative estimate of drug-likeness (QED) is 0.584. The predicted molar refractivity (Wildman–Crippen MR) is 103 cm³/mol. The Balaban J connectivity index is 2.07. The lowest BCUT2D eigenvalue weighted by Crippen LogP contribution is -2.43. The molecule has 0 fully saturated rings. The van der Waals surface area contributed by atoms with Gasteiger partial charge in [0, 0.05) is 6.54 Å². The van der Waals surface area contributed by atoms with Crippen LogP contribution in [0.2, 0.25) is 0 Å². The van der Waals surface area contributed by atoms with Gasteiger partial charge in [-0.15, -0.1) is 0 Å². The summed E-state index contributed by atoms with van der Waals surface area (Å²) in [6.45, 7) is 2.39. The molecular formula is C19H26N2O4S. The molecule has 0 aliphatic rings. The molecule has 0 spiro atoms. The molecule has 0 bridgehead atoms. The van der Waals surface area contributed by atoms with Gasteiger partial charge in [-0.2, -0.15) is 0 Å². The van der Waals surface area contributed by atoms with Crippen LogP contribution in [0.1, 0.15) is 37.0 Å². The summed E-state index contributed by atoms with van der Waals surface area (Å²) in [7, 11) is -3.51. The Morgan fingerprint density at radius 2 is 1.85 bits per heavy atom. The van der Waals surface area contributed by atoms with Gasteiger partial charge in [-0.25, -0.2) is 18.3 Å². The Morgan fingerprint density at radius 1 is 1.15 bits per heavy atom. The van der Waals surface area contributed by atoms with Gasteiger partial charge in [-0.1, -0.05) is 37.6 Å². The zero-order valence-corrected chi connectivity index (χ0v) is 15.9. The van der Waals surface area contributed by atoms with Crippen molar-refractivity contribution in [2.75, 3.05) is 17.2 Å². The first kappa shape index (κ1) is 20.2. The second-order valence-corrected chi connectivity index (χ2v) is 8.08. The number of sulfonamides is 1. The van der Waals surface area contributed by atoms with Crippen molar-refractivity contribution >= 4 is 15.7 Å². The fraction of sp³-hybridized carbons (Fsp3) is 0.368. The molecule has 1 atom stereocenters. The van der Waals surface area contributed by atoms with Crippen molar-refractivity contribution < 1.29 is 18.6 Å². The molecule has 0 aliphatic carbocycles. The summed E-state index contributed by atoms with van der Waals surface area (Å²) >= 11 is 0. The van der Waals surface area contributed by atoms with Gasteiger partial charge in [0.1, 0.15) is 5.75 Å². The van der Waals surface area contributed by atoms with Crippen LogP contribution in [0.4, 0.5) is 5.69 Å². The van der Waals surface area contributed by atoms with Crippen LogP contribution in [0.15, 0.2) is 48.5 Å². The molecule has 2 aromatic carbocycles. The van der Waals surface area contributed by atoms with Gasteiger partial charge >= 0.3 is 0 Å². The van der Waals surface area contributed by atoms with E-state index < -0.39 is 16.1 Å². The van der Waals surface area contributed by atoms with Crippen LogP contribution in [0.3, 0.4) is 0 Å². The Kier molecular flexibility index (Phi) is 7.02. The van der Waals surface area contributed by atoms with Crippen LogP contribution in [0, 0.1) is 0 Å². The number of nitrogens with zero attached hydrogens (tertiary/aromatic N) is 1. The number of rotatable bonds is 9. The summed E-state index contributed by atoms with van der Waals surface area (Å²) in [5.74, 6) is 0.184. The molecule has 0 amide bonds. The number of phenolic OH excluding ortho intramolecular Hbond substituents is 1. The van der Waals surface area contributed by atoms with E-state index >= 15 is 0 Å². The van der Waals surface area contributed by atoms with Gasteiger partial charge in [-0.05, 0) is 48.2 Å². The summed E-state index contributed by atoms with van der Waals surface area (Å²) in [4.78, 5) is 0. The number of anilines is 1. The first-order valence-corrected chi connectivity index (χ1v) is 10.5. The highest BCUT2D eigenvalue weighted by Gasteiger charge is 2.17. The number of hydrazine groups is 1. The van der Waals surface area contributed by atoms with Gasteiger partial charge in [0.2, 0.25) is 10.0 Å². The molecule has 0 aromatic heterocycles. The van der Waals surface area contributed by atoms with Crippen LogP contribution < -0.4 is 9.84 Å². The van der Waals surface area contributed by atoms with E-state index in [0.717, 1.165) is 28.2 Å². The van der Waals surface area contributed by atoms with Crippen LogP contribution in [-0.4, -0.2) is 31.4 Å². The first-order chi connectivity index (χ1) is 12.3. The molecule has 3 N–H and O–H groups in total. The number of phenols is 1. The number of benzene rings is 2. The fourth-order valence-corrected chi connectivity index (χ4v) is 3.52. The van der Waals surface area contributed by atoms with E-state index in [2.05, 4.69) is 5.43 Å². The molecule has 142 valence electrons. The van der Waals surface area contributed by atoms with Gasteiger partial charge in [-0.3, -0.25) is 0 Å². The van der Waals surface area contributed by atoms with E-state index in [1.54, 1.807) is 42.5 Å². The van der Waals surface area contributed by atoms with E-state index in [4.69, 9.17) is 0 Å². The molecule has 7 heteroatoms. The van der Waals surface area contributed by atoms with E-state index in [9.17, 15) is 18.6 Å². The number of aromatic hydroxyl groups is 1. The van der Waals surface area contributed by atoms with Crippen LogP contribution in [-0.2, 0) is 16.4 Å². The monoisotopic (exact) mass is 378 g/mol. The summed E-state index contributed by atoms with van der Waals surface area (Å²) in [5.41, 5.74) is 5.08. The van der Waals surface area contributed by atoms with E-state index in [-0.39, 0.29) is 5.75 Å². The van der Waals surface area contributed by atoms with Crippen molar-refractivity contribution in [3.63, 3.8) is 0 Å². The SMILES string of the molecule is CCCC(O)c1ccc(N(NCCc2cccc(O)c2)S(C)(=O)=O)cc1. The summed E-state index contributed by atoms with van der Waals surface area (Å²) in [5, 5.41) is 19.5. The minimum absolute atomic E-state index is 0.184. The fourth-order valence-electron chi connectivity index (χ4n) is 2.69. The Hall–Kier alpha value is -2.09. The molecular weight excluding hydrogens is 352 g/mol. The maximum absolute atomic E-state index is 12.1. The highest BCUT2D eigenvalue weighted by molar-refractivity contribution is 7.92. The van der Waals surface area contributed by atoms with E-state index in [1.165, 1.54) is 0 Å². The Morgan fingerprint density at radius 3 is 2.42 bits per heavy atom. The molecule has 0 radical (unpaired) electrons. The topological polar surface area (TPSA) is 89.9 Å². The number of hydrogen-bond donors (Lipinski definition) is 3. The largest absolute Gasteiger partial charge is 0.508 e. The number of aliphatic hydroxyl groups is 1. The third-order valence-electron chi connectivity index (χ3n) is 3.99. The average molecular weight is 378 g/mol. The average Bonchev–Trinajstić information content (AvgIpc) is 2.58. The third kappa shape index (κ3) is 5.72. The van der Waals surface area contributed by atoms with E-state index in [1.807, 2.05) is 13.0 Å². The molecule has 6 nitrogen and oxygen atoms in total. The van der Waals surface area contributed by atoms with Gasteiger partial charge < -0.3 is 10.2 Å². The van der Waals surface area contributed by atoms with Crippen LogP contribution >= 0.6 is 0 Å². The van der Waals surface area contributed by atoms with Crippen molar-refractivity contribution in [1.29, 1.82) is 0 Å². The van der Waals surface area contributed by atoms with Gasteiger partial charge in [0.05, 0.1) is 18.0 Å². The lowest BCUT2D eigenvalue weighted by molar-refractivity contribution is 0.166. The smallest absolute Gasteiger partial charge is 0.245 e. The van der Waals surface area contributed by atoms with Crippen molar-refractivity contribution in [1.82, 2.24) is 5.43 Å². The highest BCUT2D eigenvalue weighted by atomic mass is 32.2. The predicted octanol–water partition coefficient (Wildman–Crippen LogP) is 2.74. The normalized spacial score (nSPS) is 12.7. The molecule has 2 rings (SSSR count). The lowest BCUT2D eigenvalue weighted by Gasteiger charge is -2.23. The van der Waals surface area contributed by atoms with Crippen LogP contribution in [0.25, 0.3) is 0 Å². The van der Waals surface area contributed by atoms with Crippen molar-refractivity contribution in [2.45, 2.75) is 32.3 Å². The van der Waals surface area contributed by atoms with Crippen molar-refractivity contribution in [3.05, 3.63) is 59.7 Å². The second-order valence-electron chi connectivity index (χ2n) is 6.25. The maximum Gasteiger partial charge on any atom is 0.245 e. The summed E-state index contributed by atoms with van der Waals surface area (Å²) < 4.78 is 25.4. The number of nitrogens with one attached hydrogen (secondary N) is 1. The van der Waals surface area contributed by atoms with Crippen molar-refractivity contribution in [2.24, 2.45) is 0 Å². The third-order valence-corrected chi connectivity index (χ3v) is 4.99. The first-order valence-electron chi connectivity index (χ1n) is 8.61. The van der Waals surface area contributed by atoms with Crippen LogP contribution in [0.5, 0.6) is 5.75 Å². The van der Waals surface area contributed by atoms with Gasteiger partial charge in [0.25, 0.3) is 0 Å². The molecule has 0 saturated carbocycles. The summed E-state index contributed by atoms with van der Waals surface area (Å²) in [6, 6.07) is 13.7.